The van der Waals surface area contributed by atoms with E-state index in [0.29, 0.717) is 0 Å². The average molecular weight is 339 g/mol. The highest BCUT2D eigenvalue weighted by molar-refractivity contribution is 5.81. The molecule has 3 nitrogen and oxygen atoms in total. The summed E-state index contributed by atoms with van der Waals surface area (Å²) in [6.07, 6.45) is 0.298. The summed E-state index contributed by atoms with van der Waals surface area (Å²) < 4.78 is 5.91. The minimum atomic E-state index is -0.541. The van der Waals surface area contributed by atoms with Crippen molar-refractivity contribution in [2.24, 2.45) is 0 Å². The number of hydrogen-bond donors (Lipinski definition) is 1. The zero-order valence-electron chi connectivity index (χ0n) is 16.1. The summed E-state index contributed by atoms with van der Waals surface area (Å²) in [7, 11) is 0. The Labute approximate surface area is 151 Å². The first-order chi connectivity index (χ1) is 11.8. The van der Waals surface area contributed by atoms with Gasteiger partial charge in [0.15, 0.2) is 6.10 Å². The van der Waals surface area contributed by atoms with Crippen LogP contribution in [-0.4, -0.2) is 12.0 Å². The maximum absolute atomic E-state index is 12.6. The summed E-state index contributed by atoms with van der Waals surface area (Å²) in [5.41, 5.74) is 5.76. The minimum absolute atomic E-state index is 0.00208. The number of rotatable bonds is 6. The van der Waals surface area contributed by atoms with E-state index in [9.17, 15) is 4.79 Å². The summed E-state index contributed by atoms with van der Waals surface area (Å²) in [6, 6.07) is 12.4. The van der Waals surface area contributed by atoms with Crippen molar-refractivity contribution in [1.82, 2.24) is 5.32 Å². The van der Waals surface area contributed by atoms with Crippen LogP contribution in [-0.2, 0) is 4.79 Å². The van der Waals surface area contributed by atoms with Crippen molar-refractivity contribution in [1.29, 1.82) is 0 Å². The van der Waals surface area contributed by atoms with Gasteiger partial charge < -0.3 is 10.1 Å². The van der Waals surface area contributed by atoms with E-state index >= 15 is 0 Å². The molecule has 1 N–H and O–H groups in total. The van der Waals surface area contributed by atoms with Crippen LogP contribution in [0.25, 0.3) is 0 Å². The molecule has 25 heavy (non-hydrogen) atoms. The Balaban J connectivity index is 2.09. The van der Waals surface area contributed by atoms with Crippen molar-refractivity contribution in [3.05, 3.63) is 64.2 Å². The number of carbonyl (C=O) groups excluding carboxylic acids is 1. The molecular formula is C22H29NO2. The Morgan fingerprint density at radius 2 is 1.64 bits per heavy atom. The van der Waals surface area contributed by atoms with Crippen LogP contribution in [0.2, 0.25) is 0 Å². The molecule has 0 aromatic heterocycles. The largest absolute Gasteiger partial charge is 0.481 e. The number of hydrogen-bond acceptors (Lipinski definition) is 2. The molecule has 1 amide bonds. The highest BCUT2D eigenvalue weighted by Crippen LogP contribution is 2.23. The highest BCUT2D eigenvalue weighted by Gasteiger charge is 2.21. The smallest absolute Gasteiger partial charge is 0.261 e. The molecule has 0 radical (unpaired) electrons. The third-order valence-corrected chi connectivity index (χ3v) is 4.54. The van der Waals surface area contributed by atoms with E-state index in [1.807, 2.05) is 32.0 Å². The van der Waals surface area contributed by atoms with Gasteiger partial charge in [-0.1, -0.05) is 42.8 Å². The van der Waals surface area contributed by atoms with Gasteiger partial charge >= 0.3 is 0 Å². The number of carbonyl (C=O) groups is 1. The monoisotopic (exact) mass is 339 g/mol. The second kappa shape index (κ2) is 8.19. The van der Waals surface area contributed by atoms with Crippen LogP contribution in [0, 0.1) is 27.7 Å². The van der Waals surface area contributed by atoms with E-state index in [4.69, 9.17) is 4.74 Å². The fourth-order valence-electron chi connectivity index (χ4n) is 2.98. The predicted octanol–water partition coefficient (Wildman–Crippen LogP) is 4.96. The molecule has 2 aromatic rings. The van der Waals surface area contributed by atoms with Crippen LogP contribution in [0.1, 0.15) is 54.1 Å². The van der Waals surface area contributed by atoms with Crippen LogP contribution in [0.4, 0.5) is 0 Å². The van der Waals surface area contributed by atoms with Crippen LogP contribution >= 0.6 is 0 Å². The van der Waals surface area contributed by atoms with Crippen molar-refractivity contribution >= 4 is 5.91 Å². The highest BCUT2D eigenvalue weighted by atomic mass is 16.5. The number of benzene rings is 2. The van der Waals surface area contributed by atoms with E-state index < -0.39 is 6.10 Å². The fourth-order valence-corrected chi connectivity index (χ4v) is 2.98. The second-order valence-electron chi connectivity index (χ2n) is 6.86. The van der Waals surface area contributed by atoms with Crippen molar-refractivity contribution < 1.29 is 9.53 Å². The van der Waals surface area contributed by atoms with Crippen LogP contribution in [0.15, 0.2) is 36.4 Å². The first-order valence-corrected chi connectivity index (χ1v) is 8.93. The molecule has 2 rings (SSSR count). The van der Waals surface area contributed by atoms with E-state index in [1.54, 1.807) is 6.92 Å². The standard InChI is InChI=1S/C22H29NO2/c1-7-20(19-11-9-14(2)12-17(19)5)23-22(24)18(6)25-21-13-15(3)8-10-16(21)4/h8-13,18,20H,7H2,1-6H3,(H,23,24)/t18-,20-/m0/s1. The molecule has 0 aliphatic heterocycles. The zero-order chi connectivity index (χ0) is 18.6. The van der Waals surface area contributed by atoms with Gasteiger partial charge in [0.1, 0.15) is 5.75 Å². The first-order valence-electron chi connectivity index (χ1n) is 8.93. The molecule has 2 atom stereocenters. The lowest BCUT2D eigenvalue weighted by Gasteiger charge is -2.23. The molecule has 3 heteroatoms. The Morgan fingerprint density at radius 3 is 2.28 bits per heavy atom. The van der Waals surface area contributed by atoms with Gasteiger partial charge in [0, 0.05) is 0 Å². The molecule has 134 valence electrons. The molecular weight excluding hydrogens is 310 g/mol. The Kier molecular flexibility index (Phi) is 6.24. The predicted molar refractivity (Wildman–Crippen MR) is 103 cm³/mol. The molecule has 0 bridgehead atoms. The van der Waals surface area contributed by atoms with E-state index in [0.717, 1.165) is 23.3 Å². The van der Waals surface area contributed by atoms with Gasteiger partial charge in [-0.15, -0.1) is 0 Å². The number of aryl methyl sites for hydroxylation is 4. The van der Waals surface area contributed by atoms with E-state index in [-0.39, 0.29) is 11.9 Å². The third kappa shape index (κ3) is 4.85. The zero-order valence-corrected chi connectivity index (χ0v) is 16.1. The molecule has 0 aliphatic rings. The Morgan fingerprint density at radius 1 is 1.00 bits per heavy atom. The topological polar surface area (TPSA) is 38.3 Å². The maximum Gasteiger partial charge on any atom is 0.261 e. The molecule has 0 aliphatic carbocycles. The molecule has 0 spiro atoms. The molecule has 0 heterocycles. The van der Waals surface area contributed by atoms with Crippen molar-refractivity contribution in [2.75, 3.05) is 0 Å². The van der Waals surface area contributed by atoms with Gasteiger partial charge in [-0.05, 0) is 69.4 Å². The average Bonchev–Trinajstić information content (AvgIpc) is 2.56. The van der Waals surface area contributed by atoms with Gasteiger partial charge in [0.2, 0.25) is 0 Å². The fraction of sp³-hybridized carbons (Fsp3) is 0.409. The Hall–Kier alpha value is -2.29. The van der Waals surface area contributed by atoms with Gasteiger partial charge in [0.25, 0.3) is 5.91 Å². The van der Waals surface area contributed by atoms with Crippen molar-refractivity contribution in [2.45, 2.75) is 60.1 Å². The number of ether oxygens (including phenoxy) is 1. The van der Waals surface area contributed by atoms with Crippen molar-refractivity contribution in [3.8, 4) is 5.75 Å². The molecule has 0 saturated carbocycles. The van der Waals surface area contributed by atoms with E-state index in [2.05, 4.69) is 44.3 Å². The molecule has 0 unspecified atom stereocenters. The lowest BCUT2D eigenvalue weighted by molar-refractivity contribution is -0.128. The van der Waals surface area contributed by atoms with Gasteiger partial charge in [-0.2, -0.15) is 0 Å². The van der Waals surface area contributed by atoms with Gasteiger partial charge in [0.05, 0.1) is 6.04 Å². The number of nitrogens with one attached hydrogen (secondary N) is 1. The summed E-state index contributed by atoms with van der Waals surface area (Å²) in [4.78, 5) is 12.6. The van der Waals surface area contributed by atoms with Gasteiger partial charge in [-0.25, -0.2) is 0 Å². The molecule has 2 aromatic carbocycles. The summed E-state index contributed by atoms with van der Waals surface area (Å²) in [6.45, 7) is 12.1. The van der Waals surface area contributed by atoms with Gasteiger partial charge in [-0.3, -0.25) is 4.79 Å². The SMILES string of the molecule is CC[C@H](NC(=O)[C@H](C)Oc1cc(C)ccc1C)c1ccc(C)cc1C. The second-order valence-corrected chi connectivity index (χ2v) is 6.86. The Bertz CT molecular complexity index is 752. The molecule has 0 fully saturated rings. The van der Waals surface area contributed by atoms with Crippen LogP contribution in [0.3, 0.4) is 0 Å². The summed E-state index contributed by atoms with van der Waals surface area (Å²) >= 11 is 0. The third-order valence-electron chi connectivity index (χ3n) is 4.54. The first kappa shape index (κ1) is 19.0. The van der Waals surface area contributed by atoms with Crippen LogP contribution in [0.5, 0.6) is 5.75 Å². The maximum atomic E-state index is 12.6. The lowest BCUT2D eigenvalue weighted by atomic mass is 9.97. The minimum Gasteiger partial charge on any atom is -0.481 e. The summed E-state index contributed by atoms with van der Waals surface area (Å²) in [5, 5.41) is 3.13. The quantitative estimate of drug-likeness (QED) is 0.808. The van der Waals surface area contributed by atoms with Crippen LogP contribution < -0.4 is 10.1 Å². The molecule has 0 saturated heterocycles. The number of amides is 1. The van der Waals surface area contributed by atoms with Crippen molar-refractivity contribution in [3.63, 3.8) is 0 Å². The summed E-state index contributed by atoms with van der Waals surface area (Å²) in [5.74, 6) is 0.676. The lowest BCUT2D eigenvalue weighted by Crippen LogP contribution is -2.38. The normalized spacial score (nSPS) is 13.2. The van der Waals surface area contributed by atoms with E-state index in [1.165, 1.54) is 16.7 Å².